The zero-order valence-electron chi connectivity index (χ0n) is 14.1. The van der Waals surface area contributed by atoms with Crippen molar-refractivity contribution in [3.8, 4) is 5.82 Å². The fourth-order valence-corrected chi connectivity index (χ4v) is 3.05. The van der Waals surface area contributed by atoms with E-state index in [1.54, 1.807) is 17.0 Å². The van der Waals surface area contributed by atoms with Crippen LogP contribution >= 0.6 is 0 Å². The Morgan fingerprint density at radius 1 is 0.885 bits per heavy atom. The average Bonchev–Trinajstić information content (AvgIpc) is 3.23. The van der Waals surface area contributed by atoms with Gasteiger partial charge in [0.1, 0.15) is 5.82 Å². The number of nitrogens with zero attached hydrogens (tertiary/aromatic N) is 5. The lowest BCUT2D eigenvalue weighted by molar-refractivity contribution is 0.0746. The van der Waals surface area contributed by atoms with Crippen LogP contribution in [0.4, 0.5) is 10.2 Å². The molecule has 0 N–H and O–H groups in total. The van der Waals surface area contributed by atoms with E-state index in [1.807, 2.05) is 41.2 Å². The van der Waals surface area contributed by atoms with Gasteiger partial charge < -0.3 is 14.4 Å². The predicted octanol–water partition coefficient (Wildman–Crippen LogP) is 2.37. The van der Waals surface area contributed by atoms with Crippen molar-refractivity contribution in [3.05, 3.63) is 72.3 Å². The number of carbonyl (C=O) groups is 1. The molecule has 0 saturated carbocycles. The fraction of sp³-hybridized carbons (Fsp3) is 0.211. The number of piperazine rings is 1. The number of amides is 1. The molecule has 0 radical (unpaired) electrons. The number of hydrogen-bond acceptors (Lipinski definition) is 4. The Balaban J connectivity index is 1.39. The van der Waals surface area contributed by atoms with Gasteiger partial charge in [0, 0.05) is 44.1 Å². The lowest BCUT2D eigenvalue weighted by Gasteiger charge is -2.35. The number of hydrogen-bond donors (Lipinski definition) is 0. The first kappa shape index (κ1) is 16.3. The zero-order chi connectivity index (χ0) is 17.9. The molecular weight excluding hydrogens is 333 g/mol. The number of halogens is 1. The highest BCUT2D eigenvalue weighted by Gasteiger charge is 2.23. The van der Waals surface area contributed by atoms with E-state index in [4.69, 9.17) is 0 Å². The van der Waals surface area contributed by atoms with Gasteiger partial charge in [0.25, 0.3) is 5.91 Å². The van der Waals surface area contributed by atoms with Gasteiger partial charge in [-0.3, -0.25) is 4.79 Å². The molecule has 1 aromatic carbocycles. The topological polar surface area (TPSA) is 54.3 Å². The maximum Gasteiger partial charge on any atom is 0.254 e. The molecule has 2 aromatic heterocycles. The smallest absolute Gasteiger partial charge is 0.254 e. The van der Waals surface area contributed by atoms with Crippen molar-refractivity contribution in [2.45, 2.75) is 0 Å². The molecular formula is C19H18FN5O. The molecule has 6 nitrogen and oxygen atoms in total. The van der Waals surface area contributed by atoms with Gasteiger partial charge in [-0.05, 0) is 42.5 Å². The number of benzene rings is 1. The molecule has 132 valence electrons. The van der Waals surface area contributed by atoms with Gasteiger partial charge in [-0.1, -0.05) is 6.07 Å². The Labute approximate surface area is 150 Å². The summed E-state index contributed by atoms with van der Waals surface area (Å²) >= 11 is 0. The van der Waals surface area contributed by atoms with Crippen molar-refractivity contribution in [1.29, 1.82) is 0 Å². The molecule has 4 rings (SSSR count). The summed E-state index contributed by atoms with van der Waals surface area (Å²) in [6.45, 7) is 2.46. The molecule has 1 saturated heterocycles. The van der Waals surface area contributed by atoms with Crippen LogP contribution in [0.15, 0.2) is 60.9 Å². The Hall–Kier alpha value is -3.22. The second kappa shape index (κ2) is 6.95. The molecule has 3 heterocycles. The summed E-state index contributed by atoms with van der Waals surface area (Å²) in [5.41, 5.74) is 0.384. The van der Waals surface area contributed by atoms with Crippen LogP contribution < -0.4 is 4.90 Å². The first-order valence-electron chi connectivity index (χ1n) is 8.47. The van der Waals surface area contributed by atoms with E-state index in [9.17, 15) is 9.18 Å². The van der Waals surface area contributed by atoms with Gasteiger partial charge in [-0.2, -0.15) is 0 Å². The van der Waals surface area contributed by atoms with Crippen molar-refractivity contribution in [3.63, 3.8) is 0 Å². The number of aromatic nitrogens is 3. The van der Waals surface area contributed by atoms with E-state index in [1.165, 1.54) is 12.1 Å². The average molecular weight is 351 g/mol. The van der Waals surface area contributed by atoms with E-state index >= 15 is 0 Å². The van der Waals surface area contributed by atoms with E-state index in [-0.39, 0.29) is 5.91 Å². The molecule has 1 fully saturated rings. The lowest BCUT2D eigenvalue weighted by Crippen LogP contribution is -2.49. The maximum atomic E-state index is 13.3. The molecule has 26 heavy (non-hydrogen) atoms. The fourth-order valence-electron chi connectivity index (χ4n) is 3.05. The second-order valence-electron chi connectivity index (χ2n) is 6.13. The quantitative estimate of drug-likeness (QED) is 0.727. The van der Waals surface area contributed by atoms with Crippen LogP contribution in [0.25, 0.3) is 5.82 Å². The molecule has 0 unspecified atom stereocenters. The third-order valence-electron chi connectivity index (χ3n) is 4.47. The lowest BCUT2D eigenvalue weighted by atomic mass is 10.1. The molecule has 7 heteroatoms. The minimum atomic E-state index is -0.396. The first-order valence-corrected chi connectivity index (χ1v) is 8.47. The summed E-state index contributed by atoms with van der Waals surface area (Å²) < 4.78 is 15.2. The van der Waals surface area contributed by atoms with Crippen LogP contribution in [0.3, 0.4) is 0 Å². The van der Waals surface area contributed by atoms with Crippen molar-refractivity contribution >= 4 is 11.7 Å². The molecule has 1 aliphatic rings. The Morgan fingerprint density at radius 3 is 2.23 bits per heavy atom. The van der Waals surface area contributed by atoms with Crippen molar-refractivity contribution in [2.75, 3.05) is 31.1 Å². The Morgan fingerprint density at radius 2 is 1.58 bits per heavy atom. The van der Waals surface area contributed by atoms with Crippen LogP contribution in [0.2, 0.25) is 0 Å². The highest BCUT2D eigenvalue weighted by atomic mass is 19.1. The monoisotopic (exact) mass is 351 g/mol. The summed E-state index contributed by atoms with van der Waals surface area (Å²) in [4.78, 5) is 16.3. The largest absolute Gasteiger partial charge is 0.352 e. The van der Waals surface area contributed by atoms with Crippen LogP contribution in [0.1, 0.15) is 10.4 Å². The van der Waals surface area contributed by atoms with Crippen molar-refractivity contribution in [1.82, 2.24) is 19.7 Å². The third-order valence-corrected chi connectivity index (χ3v) is 4.47. The molecule has 0 bridgehead atoms. The van der Waals surface area contributed by atoms with Gasteiger partial charge in [0.05, 0.1) is 0 Å². The molecule has 1 aliphatic heterocycles. The second-order valence-corrected chi connectivity index (χ2v) is 6.13. The van der Waals surface area contributed by atoms with E-state index in [0.717, 1.165) is 11.6 Å². The van der Waals surface area contributed by atoms with Gasteiger partial charge >= 0.3 is 0 Å². The predicted molar refractivity (Wildman–Crippen MR) is 95.9 cm³/mol. The molecule has 0 aliphatic carbocycles. The Kier molecular flexibility index (Phi) is 4.35. The highest BCUT2D eigenvalue weighted by Crippen LogP contribution is 2.16. The number of carbonyl (C=O) groups excluding carboxylic acids is 1. The normalized spacial score (nSPS) is 14.5. The molecule has 3 aromatic rings. The van der Waals surface area contributed by atoms with E-state index < -0.39 is 5.82 Å². The molecule has 0 atom stereocenters. The SMILES string of the molecule is O=C(c1cccc(F)c1)N1CCN(c2ccc(-n3cccc3)nn2)CC1. The minimum Gasteiger partial charge on any atom is -0.352 e. The summed E-state index contributed by atoms with van der Waals surface area (Å²) in [6, 6.07) is 13.5. The number of rotatable bonds is 3. The highest BCUT2D eigenvalue weighted by molar-refractivity contribution is 5.94. The minimum absolute atomic E-state index is 0.141. The third kappa shape index (κ3) is 3.28. The standard InChI is InChI=1S/C19H18FN5O/c20-16-5-3-4-15(14-16)19(26)25-12-10-24(11-13-25)18-7-6-17(21-22-18)23-8-1-2-9-23/h1-9,14H,10-13H2. The summed E-state index contributed by atoms with van der Waals surface area (Å²) in [7, 11) is 0. The van der Waals surface area contributed by atoms with Gasteiger partial charge in [-0.25, -0.2) is 4.39 Å². The van der Waals surface area contributed by atoms with Gasteiger partial charge in [-0.15, -0.1) is 10.2 Å². The van der Waals surface area contributed by atoms with Crippen molar-refractivity contribution in [2.24, 2.45) is 0 Å². The number of anilines is 1. The van der Waals surface area contributed by atoms with Crippen LogP contribution in [-0.2, 0) is 0 Å². The van der Waals surface area contributed by atoms with Crippen LogP contribution in [-0.4, -0.2) is 51.8 Å². The summed E-state index contributed by atoms with van der Waals surface area (Å²) in [6.07, 6.45) is 3.83. The van der Waals surface area contributed by atoms with Gasteiger partial charge in [0.2, 0.25) is 0 Å². The van der Waals surface area contributed by atoms with Crippen LogP contribution in [0.5, 0.6) is 0 Å². The maximum absolute atomic E-state index is 13.3. The van der Waals surface area contributed by atoms with Gasteiger partial charge in [0.15, 0.2) is 11.6 Å². The van der Waals surface area contributed by atoms with Crippen molar-refractivity contribution < 1.29 is 9.18 Å². The molecule has 1 amide bonds. The molecule has 0 spiro atoms. The Bertz CT molecular complexity index is 887. The van der Waals surface area contributed by atoms with E-state index in [2.05, 4.69) is 15.1 Å². The summed E-state index contributed by atoms with van der Waals surface area (Å²) in [5.74, 6) is 1.02. The van der Waals surface area contributed by atoms with Crippen LogP contribution in [0, 0.1) is 5.82 Å². The first-order chi connectivity index (χ1) is 12.7. The van der Waals surface area contributed by atoms with E-state index in [0.29, 0.717) is 31.7 Å². The summed E-state index contributed by atoms with van der Waals surface area (Å²) in [5, 5.41) is 8.56. The zero-order valence-corrected chi connectivity index (χ0v) is 14.1.